The van der Waals surface area contributed by atoms with Crippen LogP contribution in [0.4, 0.5) is 5.69 Å². The van der Waals surface area contributed by atoms with Gasteiger partial charge in [-0.3, -0.25) is 19.3 Å². The fourth-order valence-corrected chi connectivity index (χ4v) is 2.72. The summed E-state index contributed by atoms with van der Waals surface area (Å²) in [5, 5.41) is 10.2. The number of carbonyl (C=O) groups is 2. The van der Waals surface area contributed by atoms with Crippen molar-refractivity contribution in [3.05, 3.63) is 12.4 Å². The Balaban J connectivity index is 1.92. The number of aromatic nitrogens is 2. The fourth-order valence-electron chi connectivity index (χ4n) is 2.72. The minimum atomic E-state index is 0.00363. The number of aliphatic imine (C=N–C) groups is 1. The van der Waals surface area contributed by atoms with Gasteiger partial charge in [0.1, 0.15) is 6.54 Å². The molecular formula is C17H29N7O2. The zero-order chi connectivity index (χ0) is 18.9. The molecule has 1 aromatic heterocycles. The molecule has 9 nitrogen and oxygen atoms in total. The van der Waals surface area contributed by atoms with Crippen molar-refractivity contribution in [1.82, 2.24) is 25.3 Å². The first kappa shape index (κ1) is 19.7. The second-order valence-corrected chi connectivity index (χ2v) is 6.17. The van der Waals surface area contributed by atoms with E-state index in [1.807, 2.05) is 32.0 Å². The van der Waals surface area contributed by atoms with Gasteiger partial charge < -0.3 is 20.4 Å². The van der Waals surface area contributed by atoms with Crippen molar-refractivity contribution in [2.24, 2.45) is 12.0 Å². The number of amides is 2. The van der Waals surface area contributed by atoms with Crippen molar-refractivity contribution in [2.45, 2.75) is 26.7 Å². The van der Waals surface area contributed by atoms with Crippen LogP contribution in [0.3, 0.4) is 0 Å². The summed E-state index contributed by atoms with van der Waals surface area (Å²) in [4.78, 5) is 32.4. The van der Waals surface area contributed by atoms with Crippen molar-refractivity contribution < 1.29 is 9.59 Å². The van der Waals surface area contributed by atoms with Gasteiger partial charge in [0.15, 0.2) is 5.96 Å². The van der Waals surface area contributed by atoms with Gasteiger partial charge >= 0.3 is 0 Å². The van der Waals surface area contributed by atoms with Crippen molar-refractivity contribution in [3.63, 3.8) is 0 Å². The Morgan fingerprint density at radius 3 is 2.73 bits per heavy atom. The highest BCUT2D eigenvalue weighted by Crippen LogP contribution is 2.16. The van der Waals surface area contributed by atoms with E-state index >= 15 is 0 Å². The first-order valence-corrected chi connectivity index (χ1v) is 9.14. The van der Waals surface area contributed by atoms with E-state index in [-0.39, 0.29) is 18.4 Å². The molecule has 0 atom stereocenters. The van der Waals surface area contributed by atoms with E-state index in [2.05, 4.69) is 20.7 Å². The number of nitrogens with zero attached hydrogens (tertiary/aromatic N) is 5. The topological polar surface area (TPSA) is 94.9 Å². The lowest BCUT2D eigenvalue weighted by atomic mass is 10.3. The average molecular weight is 363 g/mol. The molecule has 1 saturated heterocycles. The van der Waals surface area contributed by atoms with Crippen LogP contribution in [0.2, 0.25) is 0 Å². The zero-order valence-electron chi connectivity index (χ0n) is 15.9. The highest BCUT2D eigenvalue weighted by atomic mass is 16.2. The third-order valence-electron chi connectivity index (χ3n) is 4.03. The molecule has 9 heteroatoms. The lowest BCUT2D eigenvalue weighted by Crippen LogP contribution is -2.55. The molecule has 2 rings (SSSR count). The molecule has 1 aliphatic rings. The van der Waals surface area contributed by atoms with Crippen LogP contribution < -0.4 is 15.5 Å². The quantitative estimate of drug-likeness (QED) is 0.523. The molecule has 26 heavy (non-hydrogen) atoms. The first-order valence-electron chi connectivity index (χ1n) is 9.14. The number of anilines is 1. The van der Waals surface area contributed by atoms with Gasteiger partial charge in [0.2, 0.25) is 11.8 Å². The molecule has 0 aliphatic carbocycles. The SMILES string of the molecule is CCCNC(=O)CCN=C(NCC)N1CCN(c2cnn(C)c2)C(=O)C1. The minimum absolute atomic E-state index is 0.00363. The third kappa shape index (κ3) is 5.47. The Hall–Kier alpha value is -2.58. The summed E-state index contributed by atoms with van der Waals surface area (Å²) in [7, 11) is 1.83. The lowest BCUT2D eigenvalue weighted by molar-refractivity contribution is -0.121. The Morgan fingerprint density at radius 1 is 1.31 bits per heavy atom. The third-order valence-corrected chi connectivity index (χ3v) is 4.03. The van der Waals surface area contributed by atoms with Gasteiger partial charge in [0, 0.05) is 45.8 Å². The van der Waals surface area contributed by atoms with Gasteiger partial charge in [-0.15, -0.1) is 0 Å². The summed E-state index contributed by atoms with van der Waals surface area (Å²) >= 11 is 0. The predicted molar refractivity (Wildman–Crippen MR) is 101 cm³/mol. The number of aryl methyl sites for hydroxylation is 1. The molecule has 0 bridgehead atoms. The molecule has 2 N–H and O–H groups in total. The van der Waals surface area contributed by atoms with Crippen molar-refractivity contribution in [2.75, 3.05) is 44.2 Å². The van der Waals surface area contributed by atoms with Gasteiger partial charge in [-0.2, -0.15) is 5.10 Å². The average Bonchev–Trinajstić information content (AvgIpc) is 3.05. The second-order valence-electron chi connectivity index (χ2n) is 6.17. The summed E-state index contributed by atoms with van der Waals surface area (Å²) in [6.07, 6.45) is 4.79. The first-order chi connectivity index (χ1) is 12.5. The van der Waals surface area contributed by atoms with Crippen LogP contribution in [-0.4, -0.2) is 71.7 Å². The Morgan fingerprint density at radius 2 is 2.12 bits per heavy atom. The highest BCUT2D eigenvalue weighted by molar-refractivity contribution is 5.98. The van der Waals surface area contributed by atoms with E-state index in [0.29, 0.717) is 45.1 Å². The summed E-state index contributed by atoms with van der Waals surface area (Å²) < 4.78 is 1.68. The van der Waals surface area contributed by atoms with E-state index in [0.717, 1.165) is 12.1 Å². The largest absolute Gasteiger partial charge is 0.357 e. The monoisotopic (exact) mass is 363 g/mol. The van der Waals surface area contributed by atoms with Crippen LogP contribution in [0, 0.1) is 0 Å². The summed E-state index contributed by atoms with van der Waals surface area (Å²) in [5.41, 5.74) is 0.812. The van der Waals surface area contributed by atoms with Crippen LogP contribution in [0.1, 0.15) is 26.7 Å². The highest BCUT2D eigenvalue weighted by Gasteiger charge is 2.27. The number of rotatable bonds is 7. The molecule has 0 saturated carbocycles. The standard InChI is InChI=1S/C17H29N7O2/c1-4-7-19-15(25)6-8-20-17(18-5-2)23-9-10-24(16(26)13-23)14-11-21-22(3)12-14/h11-12H,4-10,13H2,1-3H3,(H,18,20)(H,19,25). The smallest absolute Gasteiger partial charge is 0.246 e. The molecule has 0 radical (unpaired) electrons. The summed E-state index contributed by atoms with van der Waals surface area (Å²) in [5.74, 6) is 0.689. The van der Waals surface area contributed by atoms with Gasteiger partial charge in [-0.1, -0.05) is 6.92 Å². The van der Waals surface area contributed by atoms with Crippen molar-refractivity contribution in [1.29, 1.82) is 0 Å². The molecule has 1 aliphatic heterocycles. The summed E-state index contributed by atoms with van der Waals surface area (Å²) in [6.45, 7) is 7.30. The molecule has 2 heterocycles. The van der Waals surface area contributed by atoms with E-state index in [1.54, 1.807) is 15.8 Å². The Kier molecular flexibility index (Phi) is 7.43. The number of hydrogen-bond donors (Lipinski definition) is 2. The molecule has 1 fully saturated rings. The van der Waals surface area contributed by atoms with E-state index in [1.165, 1.54) is 0 Å². The fraction of sp³-hybridized carbons (Fsp3) is 0.647. The Labute approximate surface area is 154 Å². The maximum Gasteiger partial charge on any atom is 0.246 e. The maximum atomic E-state index is 12.5. The maximum absolute atomic E-state index is 12.5. The number of nitrogens with one attached hydrogen (secondary N) is 2. The number of piperazine rings is 1. The van der Waals surface area contributed by atoms with E-state index in [4.69, 9.17) is 0 Å². The normalized spacial score (nSPS) is 15.3. The molecule has 0 spiro atoms. The molecular weight excluding hydrogens is 334 g/mol. The van der Waals surface area contributed by atoms with Crippen molar-refractivity contribution in [3.8, 4) is 0 Å². The second kappa shape index (κ2) is 9.79. The number of guanidine groups is 1. The molecule has 144 valence electrons. The van der Waals surface area contributed by atoms with Gasteiger partial charge in [0.25, 0.3) is 0 Å². The number of hydrogen-bond acceptors (Lipinski definition) is 4. The lowest BCUT2D eigenvalue weighted by Gasteiger charge is -2.35. The minimum Gasteiger partial charge on any atom is -0.357 e. The van der Waals surface area contributed by atoms with Crippen LogP contribution >= 0.6 is 0 Å². The molecule has 0 unspecified atom stereocenters. The van der Waals surface area contributed by atoms with Crippen molar-refractivity contribution >= 4 is 23.5 Å². The van der Waals surface area contributed by atoms with Crippen LogP contribution in [0.15, 0.2) is 17.4 Å². The predicted octanol–water partition coefficient (Wildman–Crippen LogP) is -0.0495. The molecule has 0 aromatic carbocycles. The summed E-state index contributed by atoms with van der Waals surface area (Å²) in [6, 6.07) is 0. The molecule has 2 amide bonds. The zero-order valence-corrected chi connectivity index (χ0v) is 15.9. The van der Waals surface area contributed by atoms with E-state index in [9.17, 15) is 9.59 Å². The number of carbonyl (C=O) groups excluding carboxylic acids is 2. The van der Waals surface area contributed by atoms with Crippen LogP contribution in [-0.2, 0) is 16.6 Å². The van der Waals surface area contributed by atoms with Crippen LogP contribution in [0.25, 0.3) is 0 Å². The van der Waals surface area contributed by atoms with Gasteiger partial charge in [-0.25, -0.2) is 0 Å². The van der Waals surface area contributed by atoms with Gasteiger partial charge in [-0.05, 0) is 13.3 Å². The van der Waals surface area contributed by atoms with Gasteiger partial charge in [0.05, 0.1) is 18.4 Å². The van der Waals surface area contributed by atoms with Crippen LogP contribution in [0.5, 0.6) is 0 Å². The molecule has 1 aromatic rings. The van der Waals surface area contributed by atoms with E-state index < -0.39 is 0 Å². The Bertz CT molecular complexity index is 641.